The van der Waals surface area contributed by atoms with E-state index < -0.39 is 22.2 Å². The molecular weight excluding hydrogens is 364 g/mol. The van der Waals surface area contributed by atoms with Gasteiger partial charge in [0.2, 0.25) is 5.91 Å². The summed E-state index contributed by atoms with van der Waals surface area (Å²) in [5, 5.41) is 20.3. The van der Waals surface area contributed by atoms with Crippen molar-refractivity contribution in [2.45, 2.75) is 6.92 Å². The van der Waals surface area contributed by atoms with Crippen LogP contribution in [0.2, 0.25) is 0 Å². The number of hydrogen-bond donors (Lipinski definition) is 3. The molecule has 0 bridgehead atoms. The number of benzene rings is 2. The molecule has 0 heterocycles. The first kappa shape index (κ1) is 20.6. The predicted molar refractivity (Wildman–Crippen MR) is 93.4 cm³/mol. The molecule has 2 aromatic rings. The monoisotopic (exact) mass is 380 g/mol. The molecule has 2 aromatic carbocycles. The number of methoxy groups -OCH3 is 1. The van der Waals surface area contributed by atoms with E-state index >= 15 is 0 Å². The number of aromatic hydroxyl groups is 1. The third-order valence-corrected chi connectivity index (χ3v) is 3.17. The summed E-state index contributed by atoms with van der Waals surface area (Å²) < 4.78 is 28.4. The Bertz CT molecular complexity index is 931. The number of carbonyl (C=O) groups excluding carboxylic acids is 1. The molecule has 0 saturated carbocycles. The number of carbonyl (C=O) groups is 2. The molecule has 9 nitrogen and oxygen atoms in total. The second-order valence-electron chi connectivity index (χ2n) is 4.70. The third-order valence-electron chi connectivity index (χ3n) is 2.81. The number of anilines is 1. The number of nitrogens with zero attached hydrogens (tertiary/aromatic N) is 1. The Morgan fingerprint density at radius 1 is 1.15 bits per heavy atom. The topological polar surface area (TPSA) is 142 Å². The Morgan fingerprint density at radius 2 is 1.81 bits per heavy atom. The molecule has 0 fully saturated rings. The highest BCUT2D eigenvalue weighted by Gasteiger charge is 2.09. The fourth-order valence-electron chi connectivity index (χ4n) is 1.78. The zero-order chi connectivity index (χ0) is 19.7. The molecule has 0 atom stereocenters. The molecule has 1 amide bonds. The Hall–Kier alpha value is -3.40. The third kappa shape index (κ3) is 6.61. The minimum atomic E-state index is -2.63. The molecule has 0 radical (unpaired) electrons. The van der Waals surface area contributed by atoms with E-state index in [1.807, 2.05) is 12.1 Å². The van der Waals surface area contributed by atoms with Crippen LogP contribution in [0.1, 0.15) is 17.3 Å². The van der Waals surface area contributed by atoms with Gasteiger partial charge in [-0.05, 0) is 24.3 Å². The average Bonchev–Trinajstić information content (AvgIpc) is 2.54. The first-order chi connectivity index (χ1) is 12.2. The highest BCUT2D eigenvalue weighted by molar-refractivity contribution is 7.61. The van der Waals surface area contributed by atoms with Gasteiger partial charge < -0.3 is 20.3 Å². The first-order valence-electron chi connectivity index (χ1n) is 7.02. The van der Waals surface area contributed by atoms with Gasteiger partial charge in [-0.3, -0.25) is 4.79 Å². The van der Waals surface area contributed by atoms with Gasteiger partial charge in [-0.15, -0.1) is 4.36 Å². The van der Waals surface area contributed by atoms with Crippen LogP contribution >= 0.6 is 0 Å². The van der Waals surface area contributed by atoms with Gasteiger partial charge in [-0.2, -0.15) is 8.42 Å². The summed E-state index contributed by atoms with van der Waals surface area (Å²) in [6.07, 6.45) is 0. The van der Waals surface area contributed by atoms with Crippen LogP contribution in [0, 0.1) is 0 Å². The number of phenols is 1. The van der Waals surface area contributed by atoms with E-state index in [0.29, 0.717) is 11.4 Å². The predicted octanol–water partition coefficient (Wildman–Crippen LogP) is 2.44. The maximum atomic E-state index is 10.7. The Balaban J connectivity index is 0.000000263. The lowest BCUT2D eigenvalue weighted by molar-refractivity contribution is -0.114. The molecule has 2 rings (SSSR count). The second-order valence-corrected chi connectivity index (χ2v) is 5.31. The van der Waals surface area contributed by atoms with Crippen LogP contribution in [0.3, 0.4) is 0 Å². The van der Waals surface area contributed by atoms with E-state index in [1.165, 1.54) is 13.0 Å². The minimum Gasteiger partial charge on any atom is -0.507 e. The van der Waals surface area contributed by atoms with Crippen LogP contribution in [0.4, 0.5) is 11.4 Å². The molecule has 0 aliphatic heterocycles. The summed E-state index contributed by atoms with van der Waals surface area (Å²) in [5.74, 6) is -1.24. The number of hydrogen-bond acceptors (Lipinski definition) is 7. The number of amides is 1. The summed E-state index contributed by atoms with van der Waals surface area (Å²) >= 11 is 0. The zero-order valence-corrected chi connectivity index (χ0v) is 14.6. The van der Waals surface area contributed by atoms with Crippen molar-refractivity contribution in [3.63, 3.8) is 0 Å². The van der Waals surface area contributed by atoms with E-state index in [4.69, 9.17) is 14.9 Å². The molecule has 0 unspecified atom stereocenters. The van der Waals surface area contributed by atoms with Crippen LogP contribution < -0.4 is 10.1 Å². The van der Waals surface area contributed by atoms with Crippen molar-refractivity contribution >= 4 is 33.8 Å². The fraction of sp³-hybridized carbons (Fsp3) is 0.125. The molecule has 26 heavy (non-hydrogen) atoms. The average molecular weight is 380 g/mol. The summed E-state index contributed by atoms with van der Waals surface area (Å²) in [5.41, 5.74) is 0.369. The summed E-state index contributed by atoms with van der Waals surface area (Å²) in [4.78, 5) is 21.2. The van der Waals surface area contributed by atoms with Crippen LogP contribution in [0.15, 0.2) is 46.8 Å². The van der Waals surface area contributed by atoms with E-state index in [-0.39, 0.29) is 17.2 Å². The maximum Gasteiger partial charge on any atom is 0.339 e. The van der Waals surface area contributed by atoms with Crippen LogP contribution in [-0.4, -0.2) is 37.6 Å². The number of carboxylic acid groups (broad SMARTS) is 1. The molecule has 0 aromatic heterocycles. The Morgan fingerprint density at radius 3 is 2.31 bits per heavy atom. The van der Waals surface area contributed by atoms with Gasteiger partial charge in [0.05, 0.1) is 18.5 Å². The van der Waals surface area contributed by atoms with Crippen molar-refractivity contribution in [1.82, 2.24) is 0 Å². The van der Waals surface area contributed by atoms with Gasteiger partial charge in [-0.25, -0.2) is 4.79 Å². The van der Waals surface area contributed by atoms with E-state index in [0.717, 1.165) is 12.1 Å². The zero-order valence-electron chi connectivity index (χ0n) is 13.8. The summed E-state index contributed by atoms with van der Waals surface area (Å²) in [6.45, 7) is 1.46. The largest absolute Gasteiger partial charge is 0.507 e. The van der Waals surface area contributed by atoms with Crippen molar-refractivity contribution in [2.75, 3.05) is 12.4 Å². The molecule has 3 N–H and O–H groups in total. The van der Waals surface area contributed by atoms with E-state index in [2.05, 4.69) is 9.68 Å². The number of ether oxygens (including phenoxy) is 1. The number of rotatable bonds is 4. The van der Waals surface area contributed by atoms with Gasteiger partial charge in [0.15, 0.2) is 0 Å². The molecule has 0 spiro atoms. The number of carboxylic acids is 1. The van der Waals surface area contributed by atoms with Gasteiger partial charge >= 0.3 is 16.5 Å². The van der Waals surface area contributed by atoms with Crippen molar-refractivity contribution in [2.24, 2.45) is 4.36 Å². The highest BCUT2D eigenvalue weighted by Crippen LogP contribution is 2.24. The lowest BCUT2D eigenvalue weighted by Crippen LogP contribution is -2.06. The van der Waals surface area contributed by atoms with Gasteiger partial charge in [0.1, 0.15) is 17.1 Å². The molecular formula is C16H16N2O7S. The molecule has 10 heteroatoms. The van der Waals surface area contributed by atoms with Crippen molar-refractivity contribution in [3.8, 4) is 11.5 Å². The van der Waals surface area contributed by atoms with E-state index in [9.17, 15) is 18.0 Å². The normalized spacial score (nSPS) is 9.31. The minimum absolute atomic E-state index is 0.0270. The highest BCUT2D eigenvalue weighted by atomic mass is 32.2. The lowest BCUT2D eigenvalue weighted by Gasteiger charge is -2.07. The molecule has 0 aliphatic carbocycles. The SMILES string of the molecule is COc1ccccc1NC(C)=O.O=C(O)c1ccc(N=S(=O)=O)cc1O. The summed E-state index contributed by atoms with van der Waals surface area (Å²) in [7, 11) is -1.06. The van der Waals surface area contributed by atoms with Gasteiger partial charge in [0.25, 0.3) is 0 Å². The van der Waals surface area contributed by atoms with Crippen molar-refractivity contribution < 1.29 is 33.0 Å². The molecule has 0 aliphatic rings. The van der Waals surface area contributed by atoms with Gasteiger partial charge in [0, 0.05) is 13.0 Å². The van der Waals surface area contributed by atoms with Crippen molar-refractivity contribution in [1.29, 1.82) is 0 Å². The fourth-order valence-corrected chi connectivity index (χ4v) is 2.07. The number of aromatic carboxylic acids is 1. The quantitative estimate of drug-likeness (QED) is 0.739. The summed E-state index contributed by atoms with van der Waals surface area (Å²) in [6, 6.07) is 10.5. The first-order valence-corrected chi connectivity index (χ1v) is 8.05. The molecule has 0 saturated heterocycles. The Kier molecular flexibility index (Phi) is 7.77. The van der Waals surface area contributed by atoms with Crippen LogP contribution in [0.5, 0.6) is 11.5 Å². The smallest absolute Gasteiger partial charge is 0.339 e. The van der Waals surface area contributed by atoms with Crippen LogP contribution in [0.25, 0.3) is 0 Å². The number of para-hydroxylation sites is 2. The lowest BCUT2D eigenvalue weighted by atomic mass is 10.2. The Labute approximate surface area is 150 Å². The molecule has 138 valence electrons. The maximum absolute atomic E-state index is 10.7. The van der Waals surface area contributed by atoms with Crippen molar-refractivity contribution in [3.05, 3.63) is 48.0 Å². The van der Waals surface area contributed by atoms with Crippen LogP contribution in [-0.2, 0) is 15.3 Å². The second kappa shape index (κ2) is 9.79. The number of nitrogens with one attached hydrogen (secondary N) is 1. The van der Waals surface area contributed by atoms with Gasteiger partial charge in [-0.1, -0.05) is 12.1 Å². The standard InChI is InChI=1S/C9H11NO2.C7H5NO5S/c1-7(11)10-8-5-3-4-6-9(8)12-2;9-6-3-4(8-14(12)13)1-2-5(6)7(10)11/h3-6H,1-2H3,(H,10,11);1-3,9H,(H,10,11). The van der Waals surface area contributed by atoms with E-state index in [1.54, 1.807) is 19.2 Å².